The molecule has 0 aliphatic carbocycles. The molecule has 166 valence electrons. The van der Waals surface area contributed by atoms with Crippen molar-refractivity contribution in [2.75, 3.05) is 26.2 Å². The van der Waals surface area contributed by atoms with Crippen molar-refractivity contribution in [3.05, 3.63) is 69.5 Å². The number of benzene rings is 2. The van der Waals surface area contributed by atoms with Gasteiger partial charge in [0.25, 0.3) is 0 Å². The molecule has 1 aliphatic heterocycles. The Morgan fingerprint density at radius 2 is 1.71 bits per heavy atom. The monoisotopic (exact) mass is 466 g/mol. The average molecular weight is 467 g/mol. The number of amides is 3. The number of nitrogens with zero attached hydrogens (tertiary/aromatic N) is 1. The number of hydrogen-bond acceptors (Lipinski definition) is 3. The van der Waals surface area contributed by atoms with Crippen LogP contribution in [0, 0.1) is 5.82 Å². The number of halogens is 3. The summed E-state index contributed by atoms with van der Waals surface area (Å²) in [6.45, 7) is 1.96. The molecule has 3 rings (SSSR count). The van der Waals surface area contributed by atoms with Crippen LogP contribution >= 0.6 is 23.2 Å². The van der Waals surface area contributed by atoms with Crippen LogP contribution in [0.2, 0.25) is 10.0 Å². The van der Waals surface area contributed by atoms with Gasteiger partial charge in [0.15, 0.2) is 0 Å². The maximum atomic E-state index is 14.5. The van der Waals surface area contributed by atoms with Crippen molar-refractivity contribution < 1.29 is 14.0 Å². The van der Waals surface area contributed by atoms with E-state index >= 15 is 0 Å². The number of rotatable bonds is 8. The van der Waals surface area contributed by atoms with E-state index in [0.29, 0.717) is 22.2 Å². The Morgan fingerprint density at radius 1 is 1.00 bits per heavy atom. The fraction of sp³-hybridized carbons (Fsp3) is 0.364. The molecule has 9 heteroatoms. The van der Waals surface area contributed by atoms with Gasteiger partial charge in [-0.15, -0.1) is 0 Å². The van der Waals surface area contributed by atoms with Gasteiger partial charge in [0.05, 0.1) is 12.6 Å². The number of nitrogens with one attached hydrogen (secondary N) is 3. The van der Waals surface area contributed by atoms with E-state index in [2.05, 4.69) is 20.9 Å². The highest BCUT2D eigenvalue weighted by molar-refractivity contribution is 6.31. The van der Waals surface area contributed by atoms with E-state index in [1.165, 1.54) is 6.07 Å². The van der Waals surface area contributed by atoms with Crippen molar-refractivity contribution in [3.8, 4) is 0 Å². The molecule has 1 heterocycles. The van der Waals surface area contributed by atoms with Gasteiger partial charge in [-0.2, -0.15) is 0 Å². The number of carbonyl (C=O) groups excluding carboxylic acids is 2. The zero-order valence-corrected chi connectivity index (χ0v) is 18.5. The Morgan fingerprint density at radius 3 is 2.39 bits per heavy atom. The predicted octanol–water partition coefficient (Wildman–Crippen LogP) is 3.89. The van der Waals surface area contributed by atoms with Crippen LogP contribution < -0.4 is 16.0 Å². The quantitative estimate of drug-likeness (QED) is 0.552. The SMILES string of the molecule is O=C(CNC(=O)NCc1ccc(Cl)cc1)NCC(c1c(F)cccc1Cl)N1CCCC1. The van der Waals surface area contributed by atoms with E-state index in [9.17, 15) is 14.0 Å². The van der Waals surface area contributed by atoms with Crippen LogP contribution in [-0.4, -0.2) is 43.0 Å². The summed E-state index contributed by atoms with van der Waals surface area (Å²) < 4.78 is 14.5. The maximum Gasteiger partial charge on any atom is 0.315 e. The Kier molecular flexibility index (Phi) is 8.51. The lowest BCUT2D eigenvalue weighted by Gasteiger charge is -2.29. The minimum absolute atomic E-state index is 0.190. The minimum atomic E-state index is -0.460. The first-order chi connectivity index (χ1) is 14.9. The van der Waals surface area contributed by atoms with Crippen molar-refractivity contribution in [1.29, 1.82) is 0 Å². The Balaban J connectivity index is 1.49. The molecule has 31 heavy (non-hydrogen) atoms. The fourth-order valence-corrected chi connectivity index (χ4v) is 3.99. The van der Waals surface area contributed by atoms with Crippen LogP contribution in [0.4, 0.5) is 9.18 Å². The second-order valence-electron chi connectivity index (χ2n) is 7.36. The number of likely N-dealkylation sites (tertiary alicyclic amines) is 1. The van der Waals surface area contributed by atoms with Crippen molar-refractivity contribution in [2.24, 2.45) is 0 Å². The molecule has 0 spiro atoms. The molecule has 3 N–H and O–H groups in total. The summed E-state index contributed by atoms with van der Waals surface area (Å²) in [4.78, 5) is 26.3. The van der Waals surface area contributed by atoms with Crippen molar-refractivity contribution in [1.82, 2.24) is 20.9 Å². The smallest absolute Gasteiger partial charge is 0.315 e. The minimum Gasteiger partial charge on any atom is -0.353 e. The molecule has 1 atom stereocenters. The summed E-state index contributed by atoms with van der Waals surface area (Å²) in [5.41, 5.74) is 1.28. The number of urea groups is 1. The normalized spacial score (nSPS) is 14.8. The third-order valence-electron chi connectivity index (χ3n) is 5.18. The van der Waals surface area contributed by atoms with Crippen molar-refractivity contribution in [2.45, 2.75) is 25.4 Å². The summed E-state index contributed by atoms with van der Waals surface area (Å²) in [6.07, 6.45) is 2.04. The molecule has 0 saturated carbocycles. The first-order valence-corrected chi connectivity index (χ1v) is 10.9. The molecule has 6 nitrogen and oxygen atoms in total. The highest BCUT2D eigenvalue weighted by Crippen LogP contribution is 2.31. The van der Waals surface area contributed by atoms with Gasteiger partial charge in [-0.3, -0.25) is 9.69 Å². The summed E-state index contributed by atoms with van der Waals surface area (Å²) in [7, 11) is 0. The Bertz CT molecular complexity index is 885. The van der Waals surface area contributed by atoms with Crippen LogP contribution in [-0.2, 0) is 11.3 Å². The van der Waals surface area contributed by atoms with Gasteiger partial charge in [0.1, 0.15) is 5.82 Å². The van der Waals surface area contributed by atoms with E-state index in [1.54, 1.807) is 24.3 Å². The van der Waals surface area contributed by atoms with Crippen molar-refractivity contribution >= 4 is 35.1 Å². The first-order valence-electron chi connectivity index (χ1n) is 10.1. The Hall–Kier alpha value is -2.35. The third kappa shape index (κ3) is 6.82. The molecule has 2 aromatic rings. The molecule has 2 aromatic carbocycles. The summed E-state index contributed by atoms with van der Waals surface area (Å²) >= 11 is 12.1. The topological polar surface area (TPSA) is 73.5 Å². The van der Waals surface area contributed by atoms with E-state index in [4.69, 9.17) is 23.2 Å². The van der Waals surface area contributed by atoms with Gasteiger partial charge < -0.3 is 16.0 Å². The third-order valence-corrected chi connectivity index (χ3v) is 5.76. The van der Waals surface area contributed by atoms with Crippen molar-refractivity contribution in [3.63, 3.8) is 0 Å². The zero-order valence-electron chi connectivity index (χ0n) is 17.0. The summed E-state index contributed by atoms with van der Waals surface area (Å²) in [5, 5.41) is 8.94. The lowest BCUT2D eigenvalue weighted by Crippen LogP contribution is -2.44. The van der Waals surface area contributed by atoms with Gasteiger partial charge in [-0.05, 0) is 55.8 Å². The van der Waals surface area contributed by atoms with Crippen LogP contribution in [0.25, 0.3) is 0 Å². The van der Waals surface area contributed by atoms with Crippen LogP contribution in [0.3, 0.4) is 0 Å². The molecule has 1 saturated heterocycles. The molecule has 1 fully saturated rings. The van der Waals surface area contributed by atoms with E-state index in [1.807, 2.05) is 12.1 Å². The molecule has 1 aliphatic rings. The predicted molar refractivity (Wildman–Crippen MR) is 120 cm³/mol. The maximum absolute atomic E-state index is 14.5. The van der Waals surface area contributed by atoms with E-state index in [0.717, 1.165) is 31.5 Å². The van der Waals surface area contributed by atoms with Crippen LogP contribution in [0.1, 0.15) is 30.0 Å². The second kappa shape index (κ2) is 11.3. The highest BCUT2D eigenvalue weighted by atomic mass is 35.5. The standard InChI is InChI=1S/C22H25Cl2FN4O2/c23-16-8-6-15(7-9-16)12-27-22(31)28-14-20(30)26-13-19(29-10-1-2-11-29)21-17(24)4-3-5-18(21)25/h3-9,19H,1-2,10-14H2,(H,26,30)(H2,27,28,31). The molecular weight excluding hydrogens is 442 g/mol. The molecule has 0 radical (unpaired) electrons. The van der Waals surface area contributed by atoms with Gasteiger partial charge in [-0.25, -0.2) is 9.18 Å². The molecule has 1 unspecified atom stereocenters. The largest absolute Gasteiger partial charge is 0.353 e. The zero-order chi connectivity index (χ0) is 22.2. The fourth-order valence-electron chi connectivity index (χ4n) is 3.58. The van der Waals surface area contributed by atoms with Gasteiger partial charge >= 0.3 is 6.03 Å². The first kappa shape index (κ1) is 23.3. The van der Waals surface area contributed by atoms with Gasteiger partial charge in [0, 0.05) is 28.7 Å². The lowest BCUT2D eigenvalue weighted by molar-refractivity contribution is -0.120. The van der Waals surface area contributed by atoms with Gasteiger partial charge in [-0.1, -0.05) is 41.4 Å². The molecule has 0 bridgehead atoms. The molecule has 0 aromatic heterocycles. The summed E-state index contributed by atoms with van der Waals surface area (Å²) in [6, 6.07) is 10.9. The number of hydrogen-bond donors (Lipinski definition) is 3. The molecular formula is C22H25Cl2FN4O2. The van der Waals surface area contributed by atoms with Crippen LogP contribution in [0.5, 0.6) is 0 Å². The van der Waals surface area contributed by atoms with Crippen LogP contribution in [0.15, 0.2) is 42.5 Å². The molecule has 3 amide bonds. The second-order valence-corrected chi connectivity index (χ2v) is 8.20. The Labute approximate surface area is 191 Å². The highest BCUT2D eigenvalue weighted by Gasteiger charge is 2.28. The summed E-state index contributed by atoms with van der Waals surface area (Å²) in [5.74, 6) is -0.753. The average Bonchev–Trinajstić information content (AvgIpc) is 3.28. The van der Waals surface area contributed by atoms with E-state index < -0.39 is 11.8 Å². The number of carbonyl (C=O) groups is 2. The van der Waals surface area contributed by atoms with Gasteiger partial charge in [0.2, 0.25) is 5.91 Å². The lowest BCUT2D eigenvalue weighted by atomic mass is 10.0. The van der Waals surface area contributed by atoms with E-state index in [-0.39, 0.29) is 25.0 Å².